The van der Waals surface area contributed by atoms with Crippen molar-refractivity contribution in [2.45, 2.75) is 57.4 Å². The van der Waals surface area contributed by atoms with Gasteiger partial charge in [0.25, 0.3) is 5.69 Å². The monoisotopic (exact) mass is 360 g/mol. The second-order valence-electron chi connectivity index (χ2n) is 7.93. The van der Waals surface area contributed by atoms with Gasteiger partial charge in [-0.3, -0.25) is 5.32 Å². The zero-order valence-corrected chi connectivity index (χ0v) is 15.7. The first-order chi connectivity index (χ1) is 11.5. The van der Waals surface area contributed by atoms with E-state index in [0.717, 1.165) is 17.7 Å². The number of aromatic nitrogens is 2. The van der Waals surface area contributed by atoms with Crippen LogP contribution < -0.4 is 5.32 Å². The van der Waals surface area contributed by atoms with E-state index in [2.05, 4.69) is 29.1 Å². The molecule has 7 heteroatoms. The molecule has 132 valence electrons. The fraction of sp³-hybridized carbons (Fsp3) is 0.500. The molecule has 1 aliphatic carbocycles. The lowest BCUT2D eigenvalue weighted by Gasteiger charge is -2.20. The van der Waals surface area contributed by atoms with E-state index in [1.807, 2.05) is 12.1 Å². The molecule has 0 bridgehead atoms. The maximum absolute atomic E-state index is 12.1. The molecule has 1 unspecified atom stereocenters. The Morgan fingerprint density at radius 1 is 1.48 bits per heavy atom. The fourth-order valence-electron chi connectivity index (χ4n) is 3.29. The number of amides is 1. The summed E-state index contributed by atoms with van der Waals surface area (Å²) in [5, 5.41) is 7.00. The Morgan fingerprint density at radius 2 is 2.16 bits per heavy atom. The molecule has 0 radical (unpaired) electrons. The van der Waals surface area contributed by atoms with Gasteiger partial charge in [-0.2, -0.15) is 5.10 Å². The first kappa shape index (κ1) is 17.6. The molecule has 0 saturated heterocycles. The molecule has 1 aliphatic rings. The van der Waals surface area contributed by atoms with Crippen LogP contribution in [-0.4, -0.2) is 21.3 Å². The number of carbonyl (C=O) groups is 1. The van der Waals surface area contributed by atoms with Crippen LogP contribution in [0.15, 0.2) is 12.1 Å². The zero-order valence-electron chi connectivity index (χ0n) is 15.0. The fourth-order valence-corrected chi connectivity index (χ4v) is 3.85. The summed E-state index contributed by atoms with van der Waals surface area (Å²) in [6.07, 6.45) is 0.164. The maximum atomic E-state index is 12.1. The van der Waals surface area contributed by atoms with Crippen molar-refractivity contribution in [3.63, 3.8) is 0 Å². The van der Waals surface area contributed by atoms with Gasteiger partial charge in [0.05, 0.1) is 23.2 Å². The van der Waals surface area contributed by atoms with Gasteiger partial charge in [0.15, 0.2) is 5.82 Å². The van der Waals surface area contributed by atoms with Crippen molar-refractivity contribution in [3.8, 4) is 0 Å². The molecule has 0 aromatic carbocycles. The molecule has 2 heterocycles. The molecule has 2 aromatic heterocycles. The van der Waals surface area contributed by atoms with Crippen molar-refractivity contribution >= 4 is 34.7 Å². The van der Waals surface area contributed by atoms with Gasteiger partial charge >= 0.3 is 6.09 Å². The highest BCUT2D eigenvalue weighted by atomic mass is 35.5. The van der Waals surface area contributed by atoms with Gasteiger partial charge in [-0.1, -0.05) is 19.9 Å². The number of nitrogens with zero attached hydrogens (tertiary/aromatic N) is 3. The van der Waals surface area contributed by atoms with Crippen LogP contribution in [0.3, 0.4) is 0 Å². The van der Waals surface area contributed by atoms with E-state index >= 15 is 0 Å². The average molecular weight is 361 g/mol. The lowest BCUT2D eigenvalue weighted by Crippen LogP contribution is -2.27. The third-order valence-corrected chi connectivity index (χ3v) is 4.59. The second kappa shape index (κ2) is 5.63. The second-order valence-corrected chi connectivity index (χ2v) is 8.45. The Labute approximate surface area is 151 Å². The summed E-state index contributed by atoms with van der Waals surface area (Å²) in [7, 11) is 0. The van der Waals surface area contributed by atoms with Crippen molar-refractivity contribution < 1.29 is 9.53 Å². The molecule has 0 spiro atoms. The number of carbonyl (C=O) groups excluding carboxylic acids is 1. The van der Waals surface area contributed by atoms with Crippen molar-refractivity contribution in [1.82, 2.24) is 9.61 Å². The first-order valence-electron chi connectivity index (χ1n) is 8.11. The van der Waals surface area contributed by atoms with E-state index in [4.69, 9.17) is 22.9 Å². The number of anilines is 1. The lowest BCUT2D eigenvalue weighted by atomic mass is 9.90. The minimum Gasteiger partial charge on any atom is -0.444 e. The number of fused-ring (bicyclic) bond motifs is 3. The van der Waals surface area contributed by atoms with Gasteiger partial charge < -0.3 is 4.74 Å². The number of hydrogen-bond donors (Lipinski definition) is 1. The summed E-state index contributed by atoms with van der Waals surface area (Å²) in [5.41, 5.74) is 2.14. The molecule has 25 heavy (non-hydrogen) atoms. The van der Waals surface area contributed by atoms with Crippen molar-refractivity contribution in [2.75, 3.05) is 5.32 Å². The van der Waals surface area contributed by atoms with Crippen LogP contribution in [0.1, 0.15) is 57.7 Å². The molecular weight excluding hydrogens is 340 g/mol. The third kappa shape index (κ3) is 3.05. The summed E-state index contributed by atoms with van der Waals surface area (Å²) in [6.45, 7) is 17.0. The number of pyridine rings is 1. The summed E-state index contributed by atoms with van der Waals surface area (Å²) < 4.78 is 7.00. The van der Waals surface area contributed by atoms with Crippen LogP contribution in [0.2, 0.25) is 0 Å². The highest BCUT2D eigenvalue weighted by molar-refractivity contribution is 6.21. The summed E-state index contributed by atoms with van der Waals surface area (Å²) in [5.74, 6) is 0.200. The number of ether oxygens (including phenoxy) is 1. The number of halogens is 1. The van der Waals surface area contributed by atoms with Gasteiger partial charge in [-0.15, -0.1) is 11.6 Å². The van der Waals surface area contributed by atoms with Crippen molar-refractivity contribution in [3.05, 3.63) is 34.8 Å². The molecule has 2 aromatic rings. The molecule has 6 nitrogen and oxygen atoms in total. The molecule has 1 amide bonds. The van der Waals surface area contributed by atoms with Crippen molar-refractivity contribution in [1.29, 1.82) is 0 Å². The lowest BCUT2D eigenvalue weighted by molar-refractivity contribution is 0.0635. The smallest absolute Gasteiger partial charge is 0.412 e. The molecule has 1 N–H and O–H groups in total. The SMILES string of the molecule is [C-]#[N+]c1c(NC(=O)OC(C)(C)C)nn2c3c(ccc12)C(Cl)CC3(C)C. The molecule has 0 saturated carbocycles. The minimum atomic E-state index is -0.632. The third-order valence-electron chi connectivity index (χ3n) is 4.20. The van der Waals surface area contributed by atoms with E-state index in [0.29, 0.717) is 11.2 Å². The Balaban J connectivity index is 2.11. The minimum absolute atomic E-state index is 0.0859. The molecule has 1 atom stereocenters. The molecule has 3 rings (SSSR count). The largest absolute Gasteiger partial charge is 0.444 e. The number of alkyl halides is 1. The Morgan fingerprint density at radius 3 is 2.76 bits per heavy atom. The summed E-state index contributed by atoms with van der Waals surface area (Å²) >= 11 is 6.47. The summed E-state index contributed by atoms with van der Waals surface area (Å²) in [4.78, 5) is 15.6. The topological polar surface area (TPSA) is 60.0 Å². The standard InChI is InChI=1S/C18H21ClN4O2/c1-17(2,3)25-16(24)21-15-13(20-6)12-8-7-10-11(19)9-18(4,5)14(10)23(12)22-15/h7-8,11H,9H2,1-5H3,(H,21,22,24). The van der Waals surface area contributed by atoms with Gasteiger partial charge in [0, 0.05) is 5.41 Å². The zero-order chi connectivity index (χ0) is 18.6. The molecule has 0 fully saturated rings. The van der Waals surface area contributed by atoms with Crippen molar-refractivity contribution in [2.24, 2.45) is 0 Å². The predicted octanol–water partition coefficient (Wildman–Crippen LogP) is 5.19. The van der Waals surface area contributed by atoms with Crippen LogP contribution in [0.25, 0.3) is 10.4 Å². The highest BCUT2D eigenvalue weighted by Gasteiger charge is 2.39. The normalized spacial score (nSPS) is 18.7. The van der Waals surface area contributed by atoms with Gasteiger partial charge in [0.2, 0.25) is 0 Å². The van der Waals surface area contributed by atoms with Crippen LogP contribution in [0, 0.1) is 6.57 Å². The quantitative estimate of drug-likeness (QED) is 0.562. The van der Waals surface area contributed by atoms with Crippen LogP contribution in [0.4, 0.5) is 16.3 Å². The Kier molecular flexibility index (Phi) is 3.96. The van der Waals surface area contributed by atoms with Gasteiger partial charge in [-0.05, 0) is 38.8 Å². The van der Waals surface area contributed by atoms with Crippen LogP contribution in [-0.2, 0) is 10.2 Å². The number of hydrogen-bond acceptors (Lipinski definition) is 3. The Hall–Kier alpha value is -2.26. The van der Waals surface area contributed by atoms with E-state index in [-0.39, 0.29) is 16.6 Å². The summed E-state index contributed by atoms with van der Waals surface area (Å²) in [6, 6.07) is 3.78. The van der Waals surface area contributed by atoms with Gasteiger partial charge in [0.1, 0.15) is 5.60 Å². The predicted molar refractivity (Wildman–Crippen MR) is 97.5 cm³/mol. The molecule has 0 aliphatic heterocycles. The average Bonchev–Trinajstić information content (AvgIpc) is 2.90. The number of nitrogens with one attached hydrogen (secondary N) is 1. The molecular formula is C18H21ClN4O2. The van der Waals surface area contributed by atoms with Crippen LogP contribution >= 0.6 is 11.6 Å². The van der Waals surface area contributed by atoms with E-state index in [1.54, 1.807) is 25.3 Å². The number of rotatable bonds is 1. The maximum Gasteiger partial charge on any atom is 0.412 e. The van der Waals surface area contributed by atoms with E-state index < -0.39 is 11.7 Å². The first-order valence-corrected chi connectivity index (χ1v) is 8.55. The van der Waals surface area contributed by atoms with Gasteiger partial charge in [-0.25, -0.2) is 14.2 Å². The van der Waals surface area contributed by atoms with Crippen LogP contribution in [0.5, 0.6) is 0 Å². The highest BCUT2D eigenvalue weighted by Crippen LogP contribution is 2.48. The van der Waals surface area contributed by atoms with E-state index in [1.165, 1.54) is 0 Å². The Bertz CT molecular complexity index is 902. The van der Waals surface area contributed by atoms with E-state index in [9.17, 15) is 4.79 Å².